The standard InChI is InChI=1S/C27H58P2/c1-7-11-15-19-23-28(24-20-16-12-8-2)27(5,6)29(25-21-17-13-9-3)26-22-18-14-10-4/h7-26H2,1-6H3. The second kappa shape index (κ2) is 20.7. The smallest absolute Gasteiger partial charge is 0.00497 e. The fourth-order valence-electron chi connectivity index (χ4n) is 4.44. The molecule has 0 N–H and O–H groups in total. The summed E-state index contributed by atoms with van der Waals surface area (Å²) in [6, 6.07) is 0. The van der Waals surface area contributed by atoms with Crippen molar-refractivity contribution in [2.24, 2.45) is 0 Å². The summed E-state index contributed by atoms with van der Waals surface area (Å²) in [5.74, 6) is 0. The molecule has 0 aliphatic rings. The Kier molecular flexibility index (Phi) is 21.4. The van der Waals surface area contributed by atoms with E-state index in [-0.39, 0.29) is 15.8 Å². The molecule has 176 valence electrons. The highest BCUT2D eigenvalue weighted by Gasteiger charge is 2.35. The molecule has 0 fully saturated rings. The molecule has 0 aliphatic carbocycles. The topological polar surface area (TPSA) is 0 Å². The van der Waals surface area contributed by atoms with Crippen LogP contribution in [0.2, 0.25) is 0 Å². The van der Waals surface area contributed by atoms with Crippen LogP contribution >= 0.6 is 15.8 Å². The second-order valence-electron chi connectivity index (χ2n) is 9.71. The van der Waals surface area contributed by atoms with E-state index in [0.29, 0.717) is 4.90 Å². The first-order chi connectivity index (χ1) is 14.0. The molecule has 0 atom stereocenters. The fourth-order valence-corrected chi connectivity index (χ4v) is 12.3. The minimum Gasteiger partial charge on any atom is -0.0965 e. The van der Waals surface area contributed by atoms with E-state index >= 15 is 0 Å². The van der Waals surface area contributed by atoms with E-state index in [1.165, 1.54) is 103 Å². The molecule has 0 radical (unpaired) electrons. The average Bonchev–Trinajstić information content (AvgIpc) is 2.71. The van der Waals surface area contributed by atoms with Crippen molar-refractivity contribution in [3.05, 3.63) is 0 Å². The van der Waals surface area contributed by atoms with Gasteiger partial charge < -0.3 is 0 Å². The fraction of sp³-hybridized carbons (Fsp3) is 1.00. The maximum atomic E-state index is 2.73. The molecule has 0 spiro atoms. The maximum absolute atomic E-state index is 2.73. The summed E-state index contributed by atoms with van der Waals surface area (Å²) in [7, 11) is 0.407. The van der Waals surface area contributed by atoms with Gasteiger partial charge in [0.05, 0.1) is 0 Å². The van der Waals surface area contributed by atoms with Gasteiger partial charge in [0.15, 0.2) is 0 Å². The van der Waals surface area contributed by atoms with Crippen molar-refractivity contribution in [1.82, 2.24) is 0 Å². The van der Waals surface area contributed by atoms with Crippen molar-refractivity contribution < 1.29 is 0 Å². The quantitative estimate of drug-likeness (QED) is 0.115. The van der Waals surface area contributed by atoms with Crippen LogP contribution in [0, 0.1) is 0 Å². The van der Waals surface area contributed by atoms with Crippen LogP contribution in [0.15, 0.2) is 0 Å². The molecule has 0 saturated carbocycles. The third kappa shape index (κ3) is 15.3. The third-order valence-corrected chi connectivity index (χ3v) is 14.9. The Balaban J connectivity index is 4.97. The van der Waals surface area contributed by atoms with E-state index in [1.807, 2.05) is 0 Å². The predicted octanol–water partition coefficient (Wildman–Crippen LogP) is 11.0. The van der Waals surface area contributed by atoms with Crippen molar-refractivity contribution in [2.45, 2.75) is 149 Å². The minimum atomic E-state index is 0.203. The summed E-state index contributed by atoms with van der Waals surface area (Å²) >= 11 is 0. The Morgan fingerprint density at radius 1 is 0.379 bits per heavy atom. The van der Waals surface area contributed by atoms with Crippen LogP contribution in [0.4, 0.5) is 0 Å². The first-order valence-electron chi connectivity index (χ1n) is 13.5. The molecule has 0 aromatic rings. The van der Waals surface area contributed by atoms with Gasteiger partial charge in [-0.15, -0.1) is 0 Å². The second-order valence-corrected chi connectivity index (χ2v) is 16.2. The van der Waals surface area contributed by atoms with Crippen molar-refractivity contribution in [2.75, 3.05) is 24.6 Å². The lowest BCUT2D eigenvalue weighted by Crippen LogP contribution is -2.22. The van der Waals surface area contributed by atoms with Gasteiger partial charge in [0, 0.05) is 4.90 Å². The van der Waals surface area contributed by atoms with Crippen LogP contribution in [0.25, 0.3) is 0 Å². The van der Waals surface area contributed by atoms with Crippen LogP contribution < -0.4 is 0 Å². The zero-order valence-corrected chi connectivity index (χ0v) is 23.3. The van der Waals surface area contributed by atoms with Gasteiger partial charge in [-0.25, -0.2) is 0 Å². The van der Waals surface area contributed by atoms with Crippen LogP contribution in [0.5, 0.6) is 0 Å². The summed E-state index contributed by atoms with van der Waals surface area (Å²) in [5.41, 5.74) is 0. The van der Waals surface area contributed by atoms with Gasteiger partial charge in [-0.3, -0.25) is 0 Å². The Hall–Kier alpha value is 0.860. The van der Waals surface area contributed by atoms with Gasteiger partial charge in [0.1, 0.15) is 0 Å². The maximum Gasteiger partial charge on any atom is 0.00497 e. The van der Waals surface area contributed by atoms with E-state index < -0.39 is 0 Å². The number of rotatable bonds is 22. The molecule has 2 heteroatoms. The summed E-state index contributed by atoms with van der Waals surface area (Å²) in [6.45, 7) is 14.9. The van der Waals surface area contributed by atoms with Crippen LogP contribution in [0.3, 0.4) is 0 Å². The van der Waals surface area contributed by atoms with Crippen molar-refractivity contribution >= 4 is 15.8 Å². The molecule has 0 aliphatic heterocycles. The number of unbranched alkanes of at least 4 members (excludes halogenated alkanes) is 12. The predicted molar refractivity (Wildman–Crippen MR) is 144 cm³/mol. The molecule has 0 unspecified atom stereocenters. The highest BCUT2D eigenvalue weighted by atomic mass is 31.2. The van der Waals surface area contributed by atoms with E-state index in [4.69, 9.17) is 0 Å². The van der Waals surface area contributed by atoms with Crippen molar-refractivity contribution in [3.63, 3.8) is 0 Å². The van der Waals surface area contributed by atoms with Crippen molar-refractivity contribution in [1.29, 1.82) is 0 Å². The van der Waals surface area contributed by atoms with Gasteiger partial charge in [-0.05, 0) is 50.3 Å². The van der Waals surface area contributed by atoms with E-state index in [0.717, 1.165) is 0 Å². The van der Waals surface area contributed by atoms with Crippen LogP contribution in [0.1, 0.15) is 144 Å². The third-order valence-electron chi connectivity index (χ3n) is 6.67. The molecule has 0 aromatic carbocycles. The zero-order chi connectivity index (χ0) is 21.8. The molecule has 0 saturated heterocycles. The van der Waals surface area contributed by atoms with Crippen LogP contribution in [-0.2, 0) is 0 Å². The summed E-state index contributed by atoms with van der Waals surface area (Å²) < 4.78 is 0. The Morgan fingerprint density at radius 2 is 0.621 bits per heavy atom. The summed E-state index contributed by atoms with van der Waals surface area (Å²) in [6.07, 6.45) is 29.5. The van der Waals surface area contributed by atoms with Gasteiger partial charge in [0.2, 0.25) is 0 Å². The Labute approximate surface area is 189 Å². The molecule has 29 heavy (non-hydrogen) atoms. The first kappa shape index (κ1) is 29.9. The normalized spacial score (nSPS) is 12.4. The SMILES string of the molecule is CCCCCCP(CCCCCC)C(C)(C)P(CCCCCC)CCCCCC. The minimum absolute atomic E-state index is 0.203. The largest absolute Gasteiger partial charge is 0.0965 e. The Morgan fingerprint density at radius 3 is 0.828 bits per heavy atom. The van der Waals surface area contributed by atoms with Crippen LogP contribution in [-0.4, -0.2) is 29.5 Å². The first-order valence-corrected chi connectivity index (χ1v) is 17.0. The zero-order valence-electron chi connectivity index (χ0n) is 21.5. The summed E-state index contributed by atoms with van der Waals surface area (Å²) in [4.78, 5) is 0.654. The molecular formula is C27H58P2. The van der Waals surface area contributed by atoms with Gasteiger partial charge in [-0.2, -0.15) is 0 Å². The van der Waals surface area contributed by atoms with Crippen molar-refractivity contribution in [3.8, 4) is 0 Å². The molecule has 0 heterocycles. The molecule has 0 nitrogen and oxygen atoms in total. The molecular weight excluding hydrogens is 386 g/mol. The van der Waals surface area contributed by atoms with E-state index in [9.17, 15) is 0 Å². The lowest BCUT2D eigenvalue weighted by Gasteiger charge is -2.43. The molecule has 0 bridgehead atoms. The monoisotopic (exact) mass is 444 g/mol. The Bertz CT molecular complexity index is 272. The lowest BCUT2D eigenvalue weighted by atomic mass is 10.2. The average molecular weight is 445 g/mol. The van der Waals surface area contributed by atoms with Gasteiger partial charge in [0.25, 0.3) is 0 Å². The molecule has 0 rings (SSSR count). The summed E-state index contributed by atoms with van der Waals surface area (Å²) in [5, 5.41) is 0. The van der Waals surface area contributed by atoms with E-state index in [1.54, 1.807) is 24.6 Å². The number of hydrogen-bond donors (Lipinski definition) is 0. The highest BCUT2D eigenvalue weighted by molar-refractivity contribution is 7.77. The van der Waals surface area contributed by atoms with E-state index in [2.05, 4.69) is 41.5 Å². The molecule has 0 aromatic heterocycles. The molecule has 0 amide bonds. The van der Waals surface area contributed by atoms with Gasteiger partial charge in [-0.1, -0.05) is 134 Å². The lowest BCUT2D eigenvalue weighted by molar-refractivity contribution is 0.687. The number of hydrogen-bond acceptors (Lipinski definition) is 0. The van der Waals surface area contributed by atoms with Gasteiger partial charge >= 0.3 is 0 Å². The highest BCUT2D eigenvalue weighted by Crippen LogP contribution is 2.67.